The van der Waals surface area contributed by atoms with Crippen LogP contribution < -0.4 is 10.9 Å². The smallest absolute Gasteiger partial charge is 0.416 e. The van der Waals surface area contributed by atoms with Crippen molar-refractivity contribution in [3.05, 3.63) is 111 Å². The number of amides is 1. The van der Waals surface area contributed by atoms with Gasteiger partial charge in [-0.3, -0.25) is 14.4 Å². The molecule has 0 bridgehead atoms. The fraction of sp³-hybridized carbons (Fsp3) is 0.333. The molecule has 0 aliphatic heterocycles. The summed E-state index contributed by atoms with van der Waals surface area (Å²) in [6.07, 6.45) is 5.23. The Kier molecular flexibility index (Phi) is 11.1. The summed E-state index contributed by atoms with van der Waals surface area (Å²) in [6, 6.07) is 2.78. The van der Waals surface area contributed by atoms with E-state index in [4.69, 9.17) is 6.42 Å². The third-order valence-electron chi connectivity index (χ3n) is 8.11. The minimum atomic E-state index is -4.86. The Morgan fingerprint density at radius 2 is 1.76 bits per heavy atom. The normalized spacial score (nSPS) is 12.8. The number of alkyl halides is 3. The Labute approximate surface area is 279 Å². The van der Waals surface area contributed by atoms with E-state index in [2.05, 4.69) is 16.2 Å². The van der Waals surface area contributed by atoms with Gasteiger partial charge in [0.2, 0.25) is 5.91 Å². The Hall–Kier alpha value is -5.25. The Balaban J connectivity index is 1.82. The second-order valence-electron chi connectivity index (χ2n) is 12.3. The lowest BCUT2D eigenvalue weighted by Gasteiger charge is -2.27. The number of terminal acetylenes is 1. The van der Waals surface area contributed by atoms with Crippen LogP contribution in [0.25, 0.3) is 11.1 Å². The highest BCUT2D eigenvalue weighted by Crippen LogP contribution is 2.35. The molecule has 8 nitrogen and oxygen atoms in total. The standard InChI is InChI=1S/C36H35F5N4O4/c1-6-23-14-25(33-21(4)12-26(37)13-22(33)5)15-27(34(23)38)29(17-32(47)48)43-35(49)30(11-20(2)3)45-18-24(7-9-44-10-8-42-19-44)28(16-31(45)46)36(39,40)41/h1,8,10,12-16,18-20,29-30H,7,9,11,17H2,2-5H3,(H,43,49)(H,47,48)/t29-,30-/m1/s1. The molecule has 13 heteroatoms. The number of carboxylic acids is 1. The molecule has 4 rings (SSSR count). The van der Waals surface area contributed by atoms with E-state index in [0.717, 1.165) is 10.8 Å². The van der Waals surface area contributed by atoms with E-state index in [1.54, 1.807) is 38.5 Å². The molecule has 0 aliphatic rings. The lowest BCUT2D eigenvalue weighted by Crippen LogP contribution is -2.41. The SMILES string of the molecule is C#Cc1cc(-c2c(C)cc(F)cc2C)cc([C@@H](CC(=O)O)NC(=O)[C@@H](CC(C)C)n2cc(CCn3ccnc3)c(C(F)(F)F)cc2=O)c1F. The van der Waals surface area contributed by atoms with E-state index in [9.17, 15) is 37.1 Å². The van der Waals surface area contributed by atoms with Gasteiger partial charge in [0.1, 0.15) is 17.7 Å². The predicted molar refractivity (Wildman–Crippen MR) is 172 cm³/mol. The van der Waals surface area contributed by atoms with Gasteiger partial charge in [-0.05, 0) is 84.7 Å². The van der Waals surface area contributed by atoms with E-state index in [-0.39, 0.29) is 42.0 Å². The van der Waals surface area contributed by atoms with Gasteiger partial charge in [-0.2, -0.15) is 13.2 Å². The summed E-state index contributed by atoms with van der Waals surface area (Å²) < 4.78 is 74.5. The fourth-order valence-corrected chi connectivity index (χ4v) is 5.96. The number of aryl methyl sites for hydroxylation is 4. The number of carbonyl (C=O) groups excluding carboxylic acids is 1. The van der Waals surface area contributed by atoms with Crippen molar-refractivity contribution in [1.82, 2.24) is 19.4 Å². The summed E-state index contributed by atoms with van der Waals surface area (Å²) in [5, 5.41) is 12.3. The first-order valence-corrected chi connectivity index (χ1v) is 15.4. The highest BCUT2D eigenvalue weighted by atomic mass is 19.4. The van der Waals surface area contributed by atoms with Gasteiger partial charge in [0.15, 0.2) is 0 Å². The molecule has 0 unspecified atom stereocenters. The maximum Gasteiger partial charge on any atom is 0.416 e. The second kappa shape index (κ2) is 14.9. The summed E-state index contributed by atoms with van der Waals surface area (Å²) in [4.78, 5) is 43.1. The van der Waals surface area contributed by atoms with Crippen LogP contribution in [0.3, 0.4) is 0 Å². The van der Waals surface area contributed by atoms with Crippen LogP contribution in [0.4, 0.5) is 22.0 Å². The Morgan fingerprint density at radius 1 is 1.08 bits per heavy atom. The van der Waals surface area contributed by atoms with Gasteiger partial charge in [0.05, 0.1) is 29.9 Å². The number of benzene rings is 2. The van der Waals surface area contributed by atoms with Gasteiger partial charge in [-0.15, -0.1) is 6.42 Å². The molecule has 2 atom stereocenters. The van der Waals surface area contributed by atoms with Gasteiger partial charge < -0.3 is 19.6 Å². The quantitative estimate of drug-likeness (QED) is 0.127. The molecule has 1 amide bonds. The number of aliphatic carboxylic acids is 1. The number of aromatic nitrogens is 3. The first-order valence-electron chi connectivity index (χ1n) is 15.4. The maximum atomic E-state index is 15.9. The minimum Gasteiger partial charge on any atom is -0.481 e. The van der Waals surface area contributed by atoms with Crippen LogP contribution in [0.1, 0.15) is 72.2 Å². The minimum absolute atomic E-state index is 0.0239. The topological polar surface area (TPSA) is 106 Å². The monoisotopic (exact) mass is 682 g/mol. The zero-order valence-corrected chi connectivity index (χ0v) is 27.2. The third-order valence-corrected chi connectivity index (χ3v) is 8.11. The molecular formula is C36H35F5N4O4. The van der Waals surface area contributed by atoms with Gasteiger partial charge in [-0.1, -0.05) is 19.8 Å². The third kappa shape index (κ3) is 8.62. The summed E-state index contributed by atoms with van der Waals surface area (Å²) in [5.74, 6) is -1.80. The van der Waals surface area contributed by atoms with E-state index < -0.39 is 59.3 Å². The molecule has 2 heterocycles. The summed E-state index contributed by atoms with van der Waals surface area (Å²) >= 11 is 0. The first kappa shape index (κ1) is 36.6. The molecule has 0 spiro atoms. The number of carboxylic acid groups (broad SMARTS) is 1. The van der Waals surface area contributed by atoms with Crippen molar-refractivity contribution in [2.45, 2.75) is 71.8 Å². The number of hydrogen-bond acceptors (Lipinski definition) is 4. The lowest BCUT2D eigenvalue weighted by molar-refractivity contribution is -0.139. The van der Waals surface area contributed by atoms with Crippen molar-refractivity contribution < 1.29 is 36.6 Å². The Morgan fingerprint density at radius 3 is 2.31 bits per heavy atom. The average Bonchev–Trinajstić information content (AvgIpc) is 3.52. The number of hydrogen-bond donors (Lipinski definition) is 2. The largest absolute Gasteiger partial charge is 0.481 e. The van der Waals surface area contributed by atoms with E-state index >= 15 is 4.39 Å². The number of rotatable bonds is 12. The summed E-state index contributed by atoms with van der Waals surface area (Å²) in [6.45, 7) is 6.85. The zero-order valence-electron chi connectivity index (χ0n) is 27.2. The molecule has 0 radical (unpaired) electrons. The number of pyridine rings is 1. The van der Waals surface area contributed by atoms with Gasteiger partial charge in [-0.25, -0.2) is 13.8 Å². The zero-order chi connectivity index (χ0) is 36.2. The molecule has 49 heavy (non-hydrogen) atoms. The lowest BCUT2D eigenvalue weighted by atomic mass is 9.90. The maximum absolute atomic E-state index is 15.9. The highest BCUT2D eigenvalue weighted by Gasteiger charge is 2.36. The van der Waals surface area contributed by atoms with Crippen LogP contribution in [0.5, 0.6) is 0 Å². The van der Waals surface area contributed by atoms with Crippen molar-refractivity contribution in [1.29, 1.82) is 0 Å². The van der Waals surface area contributed by atoms with Crippen LogP contribution in [-0.2, 0) is 28.7 Å². The molecule has 2 N–H and O–H groups in total. The molecular weight excluding hydrogens is 647 g/mol. The van der Waals surface area contributed by atoms with Crippen molar-refractivity contribution in [2.24, 2.45) is 5.92 Å². The second-order valence-corrected chi connectivity index (χ2v) is 12.3. The van der Waals surface area contributed by atoms with Crippen LogP contribution in [0, 0.1) is 43.7 Å². The number of halogens is 5. The molecule has 0 fully saturated rings. The summed E-state index contributed by atoms with van der Waals surface area (Å²) in [5.41, 5.74) is -1.12. The van der Waals surface area contributed by atoms with E-state index in [1.807, 2.05) is 0 Å². The van der Waals surface area contributed by atoms with Crippen molar-refractivity contribution in [2.75, 3.05) is 0 Å². The van der Waals surface area contributed by atoms with Gasteiger partial charge >= 0.3 is 12.1 Å². The molecule has 2 aromatic heterocycles. The van der Waals surface area contributed by atoms with Crippen LogP contribution in [-0.4, -0.2) is 31.1 Å². The molecule has 4 aromatic rings. The number of nitrogens with zero attached hydrogens (tertiary/aromatic N) is 3. The van der Waals surface area contributed by atoms with Crippen LogP contribution >= 0.6 is 0 Å². The molecule has 0 aliphatic carbocycles. The molecule has 258 valence electrons. The first-order chi connectivity index (χ1) is 23.0. The molecule has 0 saturated carbocycles. The molecule has 0 saturated heterocycles. The average molecular weight is 683 g/mol. The number of nitrogens with one attached hydrogen (secondary N) is 1. The van der Waals surface area contributed by atoms with Crippen molar-refractivity contribution in [3.8, 4) is 23.5 Å². The van der Waals surface area contributed by atoms with E-state index in [1.165, 1.54) is 36.8 Å². The van der Waals surface area contributed by atoms with Crippen LogP contribution in [0.15, 0.2) is 60.0 Å². The number of carbonyl (C=O) groups is 2. The number of imidazole rings is 1. The highest BCUT2D eigenvalue weighted by molar-refractivity contribution is 5.82. The van der Waals surface area contributed by atoms with Crippen molar-refractivity contribution >= 4 is 11.9 Å². The van der Waals surface area contributed by atoms with Crippen LogP contribution in [0.2, 0.25) is 0 Å². The predicted octanol–water partition coefficient (Wildman–Crippen LogP) is 6.77. The van der Waals surface area contributed by atoms with Crippen molar-refractivity contribution in [3.63, 3.8) is 0 Å². The van der Waals surface area contributed by atoms with E-state index in [0.29, 0.717) is 28.3 Å². The fourth-order valence-electron chi connectivity index (χ4n) is 5.96. The Bertz CT molecular complexity index is 1940. The van der Waals surface area contributed by atoms with Gasteiger partial charge in [0.25, 0.3) is 5.56 Å². The van der Waals surface area contributed by atoms with Gasteiger partial charge in [0, 0.05) is 36.8 Å². The molecule has 2 aromatic carbocycles. The summed E-state index contributed by atoms with van der Waals surface area (Å²) in [7, 11) is 0.